The van der Waals surface area contributed by atoms with E-state index in [1.807, 2.05) is 61.9 Å². The van der Waals surface area contributed by atoms with Gasteiger partial charge in [-0.05, 0) is 56.7 Å². The predicted octanol–water partition coefficient (Wildman–Crippen LogP) is 3.47. The summed E-state index contributed by atoms with van der Waals surface area (Å²) in [6.45, 7) is 7.46. The van der Waals surface area contributed by atoms with E-state index in [9.17, 15) is 4.79 Å². The number of aryl methyl sites for hydroxylation is 2. The molecule has 2 heterocycles. The number of hydrogen-bond acceptors (Lipinski definition) is 4. The Morgan fingerprint density at radius 1 is 1.19 bits per heavy atom. The highest BCUT2D eigenvalue weighted by molar-refractivity contribution is 5.91. The first kappa shape index (κ1) is 17.8. The van der Waals surface area contributed by atoms with Crippen LogP contribution >= 0.6 is 0 Å². The zero-order valence-corrected chi connectivity index (χ0v) is 15.3. The van der Waals surface area contributed by atoms with Gasteiger partial charge in [-0.3, -0.25) is 9.48 Å². The molecule has 6 heteroatoms. The molecule has 0 unspecified atom stereocenters. The summed E-state index contributed by atoms with van der Waals surface area (Å²) in [7, 11) is 0. The first-order valence-corrected chi connectivity index (χ1v) is 8.65. The van der Waals surface area contributed by atoms with E-state index in [4.69, 9.17) is 9.15 Å². The van der Waals surface area contributed by atoms with Crippen LogP contribution in [-0.4, -0.2) is 22.3 Å². The lowest BCUT2D eigenvalue weighted by atomic mass is 10.2. The van der Waals surface area contributed by atoms with Gasteiger partial charge in [-0.1, -0.05) is 12.1 Å². The number of benzene rings is 1. The Hall–Kier alpha value is -3.02. The standard InChI is InChI=1S/C20H23N3O3/c1-4-25-17-7-5-16(6-8-17)12-21-20(24)19-10-9-18(26-19)13-23-15(3)11-14(2)22-23/h5-11H,4,12-13H2,1-3H3,(H,21,24). The topological polar surface area (TPSA) is 69.3 Å². The van der Waals surface area contributed by atoms with E-state index >= 15 is 0 Å². The lowest BCUT2D eigenvalue weighted by Crippen LogP contribution is -2.22. The molecule has 0 spiro atoms. The lowest BCUT2D eigenvalue weighted by molar-refractivity contribution is 0.0921. The SMILES string of the molecule is CCOc1ccc(CNC(=O)c2ccc(Cn3nc(C)cc3C)o2)cc1. The number of ether oxygens (including phenoxy) is 1. The van der Waals surface area contributed by atoms with Crippen LogP contribution in [0.1, 0.15) is 40.2 Å². The number of carbonyl (C=O) groups is 1. The minimum atomic E-state index is -0.237. The van der Waals surface area contributed by atoms with E-state index in [0.717, 1.165) is 22.7 Å². The molecule has 0 fully saturated rings. The molecule has 0 saturated heterocycles. The summed E-state index contributed by atoms with van der Waals surface area (Å²) in [4.78, 5) is 12.3. The van der Waals surface area contributed by atoms with Crippen LogP contribution in [0.15, 0.2) is 46.9 Å². The molecule has 3 rings (SSSR count). The van der Waals surface area contributed by atoms with Gasteiger partial charge in [0.1, 0.15) is 11.5 Å². The molecular weight excluding hydrogens is 330 g/mol. The molecule has 1 aromatic carbocycles. The number of nitrogens with zero attached hydrogens (tertiary/aromatic N) is 2. The molecule has 2 aromatic heterocycles. The maximum atomic E-state index is 12.3. The number of furan rings is 1. The summed E-state index contributed by atoms with van der Waals surface area (Å²) in [5, 5.41) is 7.27. The Kier molecular flexibility index (Phi) is 5.41. The van der Waals surface area contributed by atoms with Crippen LogP contribution in [0.4, 0.5) is 0 Å². The number of rotatable bonds is 7. The molecule has 136 valence electrons. The Balaban J connectivity index is 1.56. The fourth-order valence-corrected chi connectivity index (χ4v) is 2.71. The highest BCUT2D eigenvalue weighted by Crippen LogP contribution is 2.14. The Bertz CT molecular complexity index is 878. The van der Waals surface area contributed by atoms with E-state index in [0.29, 0.717) is 31.2 Å². The van der Waals surface area contributed by atoms with Crippen molar-refractivity contribution in [2.45, 2.75) is 33.9 Å². The molecule has 0 saturated carbocycles. The van der Waals surface area contributed by atoms with Crippen molar-refractivity contribution in [1.82, 2.24) is 15.1 Å². The van der Waals surface area contributed by atoms with Gasteiger partial charge in [-0.25, -0.2) is 0 Å². The quantitative estimate of drug-likeness (QED) is 0.706. The molecule has 1 amide bonds. The second kappa shape index (κ2) is 7.91. The molecule has 6 nitrogen and oxygen atoms in total. The fourth-order valence-electron chi connectivity index (χ4n) is 2.71. The van der Waals surface area contributed by atoms with E-state index < -0.39 is 0 Å². The molecule has 0 aliphatic rings. The van der Waals surface area contributed by atoms with Gasteiger partial charge in [0.2, 0.25) is 0 Å². The Morgan fingerprint density at radius 2 is 1.96 bits per heavy atom. The van der Waals surface area contributed by atoms with Crippen LogP contribution in [0.2, 0.25) is 0 Å². The van der Waals surface area contributed by atoms with Crippen molar-refractivity contribution < 1.29 is 13.9 Å². The third-order valence-electron chi connectivity index (χ3n) is 3.98. The van der Waals surface area contributed by atoms with Gasteiger partial charge in [0.05, 0.1) is 18.8 Å². The van der Waals surface area contributed by atoms with Crippen molar-refractivity contribution in [3.05, 3.63) is 70.9 Å². The molecule has 1 N–H and O–H groups in total. The number of hydrogen-bond donors (Lipinski definition) is 1. The van der Waals surface area contributed by atoms with Crippen molar-refractivity contribution >= 4 is 5.91 Å². The average Bonchev–Trinajstić information content (AvgIpc) is 3.21. The van der Waals surface area contributed by atoms with Crippen LogP contribution in [-0.2, 0) is 13.1 Å². The van der Waals surface area contributed by atoms with Crippen molar-refractivity contribution in [2.75, 3.05) is 6.61 Å². The molecule has 0 aliphatic heterocycles. The summed E-state index contributed by atoms with van der Waals surface area (Å²) in [5.41, 5.74) is 3.01. The molecule has 3 aromatic rings. The normalized spacial score (nSPS) is 10.7. The zero-order chi connectivity index (χ0) is 18.5. The van der Waals surface area contributed by atoms with Gasteiger partial charge in [-0.2, -0.15) is 5.10 Å². The molecule has 0 radical (unpaired) electrons. The fraction of sp³-hybridized carbons (Fsp3) is 0.300. The van der Waals surface area contributed by atoms with Crippen molar-refractivity contribution in [2.24, 2.45) is 0 Å². The Morgan fingerprint density at radius 3 is 2.62 bits per heavy atom. The first-order chi connectivity index (χ1) is 12.5. The van der Waals surface area contributed by atoms with Gasteiger partial charge in [0.25, 0.3) is 5.91 Å². The molecule has 26 heavy (non-hydrogen) atoms. The van der Waals surface area contributed by atoms with Gasteiger partial charge >= 0.3 is 0 Å². The first-order valence-electron chi connectivity index (χ1n) is 8.65. The predicted molar refractivity (Wildman–Crippen MR) is 98.3 cm³/mol. The molecule has 0 bridgehead atoms. The van der Waals surface area contributed by atoms with Crippen LogP contribution in [0.25, 0.3) is 0 Å². The minimum Gasteiger partial charge on any atom is -0.494 e. The summed E-state index contributed by atoms with van der Waals surface area (Å²) < 4.78 is 12.9. The highest BCUT2D eigenvalue weighted by Gasteiger charge is 2.12. The summed E-state index contributed by atoms with van der Waals surface area (Å²) in [6, 6.07) is 13.2. The zero-order valence-electron chi connectivity index (χ0n) is 15.3. The van der Waals surface area contributed by atoms with Crippen LogP contribution < -0.4 is 10.1 Å². The van der Waals surface area contributed by atoms with Gasteiger partial charge in [0, 0.05) is 12.2 Å². The monoisotopic (exact) mass is 353 g/mol. The largest absolute Gasteiger partial charge is 0.494 e. The van der Waals surface area contributed by atoms with Crippen LogP contribution in [0.3, 0.4) is 0 Å². The molecule has 0 aliphatic carbocycles. The smallest absolute Gasteiger partial charge is 0.287 e. The van der Waals surface area contributed by atoms with Crippen molar-refractivity contribution in [3.63, 3.8) is 0 Å². The van der Waals surface area contributed by atoms with E-state index in [2.05, 4.69) is 10.4 Å². The lowest BCUT2D eigenvalue weighted by Gasteiger charge is -2.06. The van der Waals surface area contributed by atoms with Gasteiger partial charge in [-0.15, -0.1) is 0 Å². The maximum absolute atomic E-state index is 12.3. The van der Waals surface area contributed by atoms with Crippen LogP contribution in [0, 0.1) is 13.8 Å². The number of carbonyl (C=O) groups excluding carboxylic acids is 1. The summed E-state index contributed by atoms with van der Waals surface area (Å²) in [6.07, 6.45) is 0. The van der Waals surface area contributed by atoms with E-state index in [1.165, 1.54) is 0 Å². The molecule has 0 atom stereocenters. The second-order valence-corrected chi connectivity index (χ2v) is 6.11. The third kappa shape index (κ3) is 4.33. The number of amides is 1. The number of aromatic nitrogens is 2. The van der Waals surface area contributed by atoms with E-state index in [1.54, 1.807) is 6.07 Å². The van der Waals surface area contributed by atoms with Gasteiger partial charge < -0.3 is 14.5 Å². The van der Waals surface area contributed by atoms with Crippen molar-refractivity contribution in [3.8, 4) is 5.75 Å². The summed E-state index contributed by atoms with van der Waals surface area (Å²) in [5.74, 6) is 1.58. The van der Waals surface area contributed by atoms with Crippen molar-refractivity contribution in [1.29, 1.82) is 0 Å². The molecular formula is C20H23N3O3. The van der Waals surface area contributed by atoms with Crippen LogP contribution in [0.5, 0.6) is 5.75 Å². The second-order valence-electron chi connectivity index (χ2n) is 6.11. The number of nitrogens with one attached hydrogen (secondary N) is 1. The third-order valence-corrected chi connectivity index (χ3v) is 3.98. The maximum Gasteiger partial charge on any atom is 0.287 e. The average molecular weight is 353 g/mol. The highest BCUT2D eigenvalue weighted by atomic mass is 16.5. The summed E-state index contributed by atoms with van der Waals surface area (Å²) >= 11 is 0. The van der Waals surface area contributed by atoms with E-state index in [-0.39, 0.29) is 5.91 Å². The van der Waals surface area contributed by atoms with Gasteiger partial charge in [0.15, 0.2) is 5.76 Å². The Labute approximate surface area is 152 Å². The minimum absolute atomic E-state index is 0.237.